The average molecular weight is 267 g/mol. The van der Waals surface area contributed by atoms with Gasteiger partial charge in [0.05, 0.1) is 18.5 Å². The number of carbonyl (C=O) groups excluding carboxylic acids is 1. The lowest BCUT2D eigenvalue weighted by atomic mass is 10.2. The molecule has 0 radical (unpaired) electrons. The third kappa shape index (κ3) is 3.51. The van der Waals surface area contributed by atoms with Crippen molar-refractivity contribution in [2.24, 2.45) is 5.73 Å². The van der Waals surface area contributed by atoms with E-state index in [4.69, 9.17) is 10.8 Å². The Morgan fingerprint density at radius 2 is 2.26 bits per heavy atom. The second-order valence-electron chi connectivity index (χ2n) is 4.86. The van der Waals surface area contributed by atoms with Gasteiger partial charge < -0.3 is 15.7 Å². The van der Waals surface area contributed by atoms with Crippen LogP contribution in [0.2, 0.25) is 0 Å². The van der Waals surface area contributed by atoms with Gasteiger partial charge in [-0.3, -0.25) is 4.79 Å². The van der Waals surface area contributed by atoms with Crippen LogP contribution in [0.15, 0.2) is 6.20 Å². The first kappa shape index (κ1) is 14.0. The first-order valence-corrected chi connectivity index (χ1v) is 6.74. The topological polar surface area (TPSA) is 97.3 Å². The Labute approximate surface area is 112 Å². The molecule has 0 saturated heterocycles. The van der Waals surface area contributed by atoms with Gasteiger partial charge in [0.2, 0.25) is 5.91 Å². The predicted octanol–water partition coefficient (Wildman–Crippen LogP) is -0.500. The first-order valence-electron chi connectivity index (χ1n) is 6.74. The number of hydrogen-bond donors (Lipinski definition) is 2. The summed E-state index contributed by atoms with van der Waals surface area (Å²) in [5.41, 5.74) is 6.13. The molecule has 7 nitrogen and oxygen atoms in total. The summed E-state index contributed by atoms with van der Waals surface area (Å²) < 4.78 is 1.50. The van der Waals surface area contributed by atoms with Crippen molar-refractivity contribution in [2.45, 2.75) is 44.8 Å². The molecule has 0 spiro atoms. The van der Waals surface area contributed by atoms with Gasteiger partial charge in [0.15, 0.2) is 0 Å². The van der Waals surface area contributed by atoms with Crippen molar-refractivity contribution in [3.8, 4) is 0 Å². The largest absolute Gasteiger partial charge is 0.395 e. The molecule has 7 heteroatoms. The van der Waals surface area contributed by atoms with E-state index in [9.17, 15) is 4.79 Å². The second kappa shape index (κ2) is 6.63. The third-order valence-electron chi connectivity index (χ3n) is 3.52. The average Bonchev–Trinajstić information content (AvgIpc) is 3.06. The van der Waals surface area contributed by atoms with Gasteiger partial charge in [-0.2, -0.15) is 0 Å². The molecule has 1 saturated carbocycles. The van der Waals surface area contributed by atoms with E-state index in [0.717, 1.165) is 25.7 Å². The number of amides is 1. The minimum Gasteiger partial charge on any atom is -0.395 e. The summed E-state index contributed by atoms with van der Waals surface area (Å²) >= 11 is 0. The maximum Gasteiger partial charge on any atom is 0.244 e. The smallest absolute Gasteiger partial charge is 0.244 e. The van der Waals surface area contributed by atoms with Gasteiger partial charge in [-0.15, -0.1) is 5.10 Å². The van der Waals surface area contributed by atoms with Crippen molar-refractivity contribution in [1.82, 2.24) is 19.9 Å². The molecule has 2 rings (SSSR count). The normalized spacial score (nSPS) is 15.9. The van der Waals surface area contributed by atoms with E-state index in [1.54, 1.807) is 11.1 Å². The van der Waals surface area contributed by atoms with E-state index in [0.29, 0.717) is 18.8 Å². The highest BCUT2D eigenvalue weighted by atomic mass is 16.3. The van der Waals surface area contributed by atoms with Crippen LogP contribution in [0.1, 0.15) is 31.4 Å². The minimum atomic E-state index is -0.0191. The highest BCUT2D eigenvalue weighted by Crippen LogP contribution is 2.23. The lowest BCUT2D eigenvalue weighted by Crippen LogP contribution is -2.42. The molecule has 1 amide bonds. The molecule has 0 aliphatic heterocycles. The summed E-state index contributed by atoms with van der Waals surface area (Å²) in [7, 11) is 0. The van der Waals surface area contributed by atoms with Crippen LogP contribution in [0, 0.1) is 0 Å². The summed E-state index contributed by atoms with van der Waals surface area (Å²) in [5.74, 6) is -0.0191. The van der Waals surface area contributed by atoms with Gasteiger partial charge in [0.1, 0.15) is 6.54 Å². The van der Waals surface area contributed by atoms with E-state index in [1.807, 2.05) is 0 Å². The van der Waals surface area contributed by atoms with Crippen molar-refractivity contribution in [1.29, 1.82) is 0 Å². The molecule has 3 N–H and O–H groups in total. The number of aliphatic hydroxyl groups excluding tert-OH is 1. The van der Waals surface area contributed by atoms with Crippen LogP contribution in [-0.4, -0.2) is 50.1 Å². The van der Waals surface area contributed by atoms with Gasteiger partial charge in [-0.25, -0.2) is 4.68 Å². The monoisotopic (exact) mass is 267 g/mol. The fraction of sp³-hybridized carbons (Fsp3) is 0.750. The highest BCUT2D eigenvalue weighted by Gasteiger charge is 2.26. The number of nitrogens with two attached hydrogens (primary N) is 1. The summed E-state index contributed by atoms with van der Waals surface area (Å²) in [5, 5.41) is 16.8. The molecular formula is C12H21N5O2. The Morgan fingerprint density at radius 3 is 2.84 bits per heavy atom. The summed E-state index contributed by atoms with van der Waals surface area (Å²) in [6.07, 6.45) is 6.04. The van der Waals surface area contributed by atoms with E-state index in [1.165, 1.54) is 4.68 Å². The molecule has 1 fully saturated rings. The summed E-state index contributed by atoms with van der Waals surface area (Å²) in [6.45, 7) is 0.857. The molecule has 0 aromatic carbocycles. The Bertz CT molecular complexity index is 414. The molecule has 19 heavy (non-hydrogen) atoms. The van der Waals surface area contributed by atoms with Crippen LogP contribution in [0.3, 0.4) is 0 Å². The van der Waals surface area contributed by atoms with E-state index in [2.05, 4.69) is 10.3 Å². The van der Waals surface area contributed by atoms with Crippen molar-refractivity contribution in [3.05, 3.63) is 11.9 Å². The fourth-order valence-corrected chi connectivity index (χ4v) is 2.57. The van der Waals surface area contributed by atoms with Gasteiger partial charge >= 0.3 is 0 Å². The third-order valence-corrected chi connectivity index (χ3v) is 3.52. The molecule has 0 unspecified atom stereocenters. The zero-order valence-electron chi connectivity index (χ0n) is 11.0. The van der Waals surface area contributed by atoms with Gasteiger partial charge in [-0.1, -0.05) is 18.1 Å². The fourth-order valence-electron chi connectivity index (χ4n) is 2.57. The summed E-state index contributed by atoms with van der Waals surface area (Å²) in [4.78, 5) is 14.1. The number of aliphatic hydroxyl groups is 1. The molecule has 1 heterocycles. The van der Waals surface area contributed by atoms with Gasteiger partial charge in [-0.05, 0) is 12.8 Å². The number of aromatic nitrogens is 3. The van der Waals surface area contributed by atoms with Crippen LogP contribution < -0.4 is 5.73 Å². The molecule has 1 aliphatic carbocycles. The van der Waals surface area contributed by atoms with Crippen LogP contribution in [0.4, 0.5) is 0 Å². The van der Waals surface area contributed by atoms with Crippen LogP contribution in [0.5, 0.6) is 0 Å². The molecule has 0 bridgehead atoms. The predicted molar refractivity (Wildman–Crippen MR) is 69.0 cm³/mol. The Morgan fingerprint density at radius 1 is 1.53 bits per heavy atom. The van der Waals surface area contributed by atoms with E-state index < -0.39 is 0 Å². The Kier molecular flexibility index (Phi) is 4.86. The highest BCUT2D eigenvalue weighted by molar-refractivity contribution is 5.76. The zero-order valence-corrected chi connectivity index (χ0v) is 11.0. The zero-order chi connectivity index (χ0) is 13.7. The van der Waals surface area contributed by atoms with Crippen molar-refractivity contribution in [2.75, 3.05) is 13.2 Å². The van der Waals surface area contributed by atoms with Crippen molar-refractivity contribution < 1.29 is 9.90 Å². The second-order valence-corrected chi connectivity index (χ2v) is 4.86. The van der Waals surface area contributed by atoms with Crippen LogP contribution >= 0.6 is 0 Å². The SMILES string of the molecule is NCc1cn(CC(=O)N(CCO)C2CCCC2)nn1. The summed E-state index contributed by atoms with van der Waals surface area (Å²) in [6, 6.07) is 0.261. The van der Waals surface area contributed by atoms with Crippen LogP contribution in [0.25, 0.3) is 0 Å². The lowest BCUT2D eigenvalue weighted by Gasteiger charge is -2.28. The van der Waals surface area contributed by atoms with Crippen molar-refractivity contribution >= 4 is 5.91 Å². The van der Waals surface area contributed by atoms with E-state index in [-0.39, 0.29) is 25.1 Å². The molecule has 1 aromatic rings. The number of rotatable bonds is 6. The first-order chi connectivity index (χ1) is 9.24. The Hall–Kier alpha value is -1.47. The van der Waals surface area contributed by atoms with Gasteiger partial charge in [0, 0.05) is 19.1 Å². The van der Waals surface area contributed by atoms with E-state index >= 15 is 0 Å². The number of nitrogens with zero attached hydrogens (tertiary/aromatic N) is 4. The molecule has 106 valence electrons. The Balaban J connectivity index is 1.98. The quantitative estimate of drug-likeness (QED) is 0.724. The molecule has 1 aromatic heterocycles. The molecule has 0 atom stereocenters. The molecular weight excluding hydrogens is 246 g/mol. The maximum absolute atomic E-state index is 12.3. The standard InChI is InChI=1S/C12H21N5O2/c13-7-10-8-16(15-14-10)9-12(19)17(5-6-18)11-3-1-2-4-11/h8,11,18H,1-7,9,13H2. The molecule has 1 aliphatic rings. The number of hydrogen-bond acceptors (Lipinski definition) is 5. The number of carbonyl (C=O) groups is 1. The van der Waals surface area contributed by atoms with Crippen LogP contribution in [-0.2, 0) is 17.9 Å². The minimum absolute atomic E-state index is 0.00630. The van der Waals surface area contributed by atoms with Crippen molar-refractivity contribution in [3.63, 3.8) is 0 Å². The lowest BCUT2D eigenvalue weighted by molar-refractivity contribution is -0.134. The van der Waals surface area contributed by atoms with Gasteiger partial charge in [0.25, 0.3) is 0 Å². The maximum atomic E-state index is 12.3.